The Morgan fingerprint density at radius 1 is 1.27 bits per heavy atom. The maximum absolute atomic E-state index is 12.5. The van der Waals surface area contributed by atoms with E-state index in [1.165, 1.54) is 0 Å². The van der Waals surface area contributed by atoms with Crippen molar-refractivity contribution in [2.45, 2.75) is 45.7 Å². The molecule has 0 saturated carbocycles. The van der Waals surface area contributed by atoms with Crippen LogP contribution in [0.15, 0.2) is 4.52 Å². The summed E-state index contributed by atoms with van der Waals surface area (Å²) in [6.45, 7) is 10.2. The standard InChI is InChI=1S/C16H25N3O3/c1-4-19(13-5-7-21-8-6-13)14-9-18(10-14)16(20)15-11(2)17-22-12(15)3/h13-14H,4-10H2,1-3H3. The summed E-state index contributed by atoms with van der Waals surface area (Å²) in [5, 5.41) is 3.87. The molecule has 0 spiro atoms. The van der Waals surface area contributed by atoms with Gasteiger partial charge in [0, 0.05) is 38.4 Å². The van der Waals surface area contributed by atoms with Crippen molar-refractivity contribution in [3.05, 3.63) is 17.0 Å². The van der Waals surface area contributed by atoms with Crippen LogP contribution >= 0.6 is 0 Å². The summed E-state index contributed by atoms with van der Waals surface area (Å²) < 4.78 is 10.6. The lowest BCUT2D eigenvalue weighted by molar-refractivity contribution is -0.0222. The van der Waals surface area contributed by atoms with Crippen molar-refractivity contribution in [1.82, 2.24) is 15.0 Å². The number of likely N-dealkylation sites (N-methyl/N-ethyl adjacent to an activating group) is 1. The van der Waals surface area contributed by atoms with Gasteiger partial charge in [0.15, 0.2) is 0 Å². The third kappa shape index (κ3) is 2.77. The van der Waals surface area contributed by atoms with Crippen LogP contribution < -0.4 is 0 Å². The van der Waals surface area contributed by atoms with Crippen molar-refractivity contribution in [3.8, 4) is 0 Å². The van der Waals surface area contributed by atoms with E-state index in [1.54, 1.807) is 6.92 Å². The summed E-state index contributed by atoms with van der Waals surface area (Å²) in [4.78, 5) is 17.0. The largest absolute Gasteiger partial charge is 0.381 e. The van der Waals surface area contributed by atoms with E-state index >= 15 is 0 Å². The van der Waals surface area contributed by atoms with Crippen molar-refractivity contribution < 1.29 is 14.1 Å². The summed E-state index contributed by atoms with van der Waals surface area (Å²) in [6.07, 6.45) is 2.20. The molecule has 1 aromatic rings. The van der Waals surface area contributed by atoms with Crippen LogP contribution in [0, 0.1) is 13.8 Å². The highest BCUT2D eigenvalue weighted by Crippen LogP contribution is 2.25. The number of carbonyl (C=O) groups excluding carboxylic acids is 1. The molecule has 6 nitrogen and oxygen atoms in total. The van der Waals surface area contributed by atoms with E-state index in [2.05, 4.69) is 17.0 Å². The number of hydrogen-bond donors (Lipinski definition) is 0. The average molecular weight is 307 g/mol. The minimum absolute atomic E-state index is 0.0514. The third-order valence-electron chi connectivity index (χ3n) is 4.89. The van der Waals surface area contributed by atoms with Gasteiger partial charge in [-0.2, -0.15) is 0 Å². The van der Waals surface area contributed by atoms with Gasteiger partial charge in [0.05, 0.1) is 5.69 Å². The fourth-order valence-electron chi connectivity index (χ4n) is 3.61. The van der Waals surface area contributed by atoms with Crippen LogP contribution in [0.2, 0.25) is 0 Å². The van der Waals surface area contributed by atoms with E-state index in [1.807, 2.05) is 11.8 Å². The fraction of sp³-hybridized carbons (Fsp3) is 0.750. The maximum atomic E-state index is 12.5. The Bertz CT molecular complexity index is 511. The second kappa shape index (κ2) is 6.38. The zero-order valence-electron chi connectivity index (χ0n) is 13.7. The molecule has 2 aliphatic heterocycles. The van der Waals surface area contributed by atoms with E-state index in [9.17, 15) is 4.79 Å². The van der Waals surface area contributed by atoms with Gasteiger partial charge in [0.2, 0.25) is 0 Å². The molecule has 0 atom stereocenters. The van der Waals surface area contributed by atoms with E-state index in [0.717, 1.165) is 45.7 Å². The normalized spacial score (nSPS) is 20.5. The van der Waals surface area contributed by atoms with Crippen LogP contribution in [0.25, 0.3) is 0 Å². The van der Waals surface area contributed by atoms with Gasteiger partial charge in [-0.15, -0.1) is 0 Å². The first-order valence-electron chi connectivity index (χ1n) is 8.17. The van der Waals surface area contributed by atoms with Crippen molar-refractivity contribution in [1.29, 1.82) is 0 Å². The fourth-order valence-corrected chi connectivity index (χ4v) is 3.61. The van der Waals surface area contributed by atoms with Gasteiger partial charge in [-0.1, -0.05) is 12.1 Å². The Hall–Kier alpha value is -1.40. The molecule has 2 fully saturated rings. The van der Waals surface area contributed by atoms with Crippen molar-refractivity contribution in [2.24, 2.45) is 0 Å². The highest BCUT2D eigenvalue weighted by Gasteiger charge is 2.39. The SMILES string of the molecule is CCN(C1CCOCC1)C1CN(C(=O)c2c(C)noc2C)C1. The molecular weight excluding hydrogens is 282 g/mol. The molecule has 3 rings (SSSR count). The predicted octanol–water partition coefficient (Wildman–Crippen LogP) is 1.62. The summed E-state index contributed by atoms with van der Waals surface area (Å²) in [5.74, 6) is 0.665. The maximum Gasteiger partial charge on any atom is 0.259 e. The summed E-state index contributed by atoms with van der Waals surface area (Å²) in [7, 11) is 0. The number of hydrogen-bond acceptors (Lipinski definition) is 5. The van der Waals surface area contributed by atoms with Crippen LogP contribution in [0.5, 0.6) is 0 Å². The average Bonchev–Trinajstić information content (AvgIpc) is 2.82. The molecule has 0 aliphatic carbocycles. The van der Waals surface area contributed by atoms with Gasteiger partial charge in [0.25, 0.3) is 5.91 Å². The Morgan fingerprint density at radius 3 is 2.50 bits per heavy atom. The second-order valence-corrected chi connectivity index (χ2v) is 6.24. The number of ether oxygens (including phenoxy) is 1. The lowest BCUT2D eigenvalue weighted by Crippen LogP contribution is -2.63. The molecule has 0 unspecified atom stereocenters. The van der Waals surface area contributed by atoms with Gasteiger partial charge in [-0.25, -0.2) is 0 Å². The van der Waals surface area contributed by atoms with Gasteiger partial charge in [0.1, 0.15) is 11.3 Å². The summed E-state index contributed by atoms with van der Waals surface area (Å²) >= 11 is 0. The first-order valence-corrected chi connectivity index (χ1v) is 8.17. The topological polar surface area (TPSA) is 58.8 Å². The zero-order valence-corrected chi connectivity index (χ0v) is 13.7. The molecule has 1 amide bonds. The molecule has 0 radical (unpaired) electrons. The molecule has 1 aromatic heterocycles. The highest BCUT2D eigenvalue weighted by molar-refractivity contribution is 5.96. The lowest BCUT2D eigenvalue weighted by atomic mass is 9.99. The first-order chi connectivity index (χ1) is 10.6. The van der Waals surface area contributed by atoms with Crippen molar-refractivity contribution in [2.75, 3.05) is 32.8 Å². The highest BCUT2D eigenvalue weighted by atomic mass is 16.5. The Labute approximate surface area is 131 Å². The minimum atomic E-state index is 0.0514. The molecule has 0 bridgehead atoms. The zero-order chi connectivity index (χ0) is 15.7. The van der Waals surface area contributed by atoms with E-state index in [4.69, 9.17) is 9.26 Å². The van der Waals surface area contributed by atoms with Crippen LogP contribution in [0.1, 0.15) is 41.6 Å². The van der Waals surface area contributed by atoms with Crippen LogP contribution in [-0.2, 0) is 4.74 Å². The monoisotopic (exact) mass is 307 g/mol. The number of likely N-dealkylation sites (tertiary alicyclic amines) is 1. The molecule has 2 saturated heterocycles. The van der Waals surface area contributed by atoms with E-state index in [-0.39, 0.29) is 5.91 Å². The minimum Gasteiger partial charge on any atom is -0.381 e. The van der Waals surface area contributed by atoms with Gasteiger partial charge in [-0.05, 0) is 33.2 Å². The summed E-state index contributed by atoms with van der Waals surface area (Å²) in [6, 6.07) is 1.07. The molecule has 0 aromatic carbocycles. The Morgan fingerprint density at radius 2 is 1.95 bits per heavy atom. The van der Waals surface area contributed by atoms with Crippen LogP contribution in [0.4, 0.5) is 0 Å². The number of aromatic nitrogens is 1. The number of nitrogens with zero attached hydrogens (tertiary/aromatic N) is 3. The number of aryl methyl sites for hydroxylation is 2. The van der Waals surface area contributed by atoms with Crippen LogP contribution in [0.3, 0.4) is 0 Å². The van der Waals surface area contributed by atoms with Crippen molar-refractivity contribution in [3.63, 3.8) is 0 Å². The molecule has 2 aliphatic rings. The smallest absolute Gasteiger partial charge is 0.259 e. The Balaban J connectivity index is 1.59. The summed E-state index contributed by atoms with van der Waals surface area (Å²) in [5.41, 5.74) is 1.32. The first kappa shape index (κ1) is 15.5. The molecule has 122 valence electrons. The third-order valence-corrected chi connectivity index (χ3v) is 4.89. The van der Waals surface area contributed by atoms with E-state index in [0.29, 0.717) is 29.1 Å². The number of amides is 1. The van der Waals surface area contributed by atoms with Gasteiger partial charge < -0.3 is 14.2 Å². The molecule has 0 N–H and O–H groups in total. The quantitative estimate of drug-likeness (QED) is 0.846. The van der Waals surface area contributed by atoms with E-state index < -0.39 is 0 Å². The predicted molar refractivity (Wildman–Crippen MR) is 81.9 cm³/mol. The second-order valence-electron chi connectivity index (χ2n) is 6.24. The van der Waals surface area contributed by atoms with Crippen LogP contribution in [-0.4, -0.2) is 65.8 Å². The molecule has 3 heterocycles. The van der Waals surface area contributed by atoms with Crippen molar-refractivity contribution >= 4 is 5.91 Å². The van der Waals surface area contributed by atoms with Gasteiger partial charge >= 0.3 is 0 Å². The number of rotatable bonds is 4. The number of carbonyl (C=O) groups is 1. The Kier molecular flexibility index (Phi) is 4.49. The molecule has 22 heavy (non-hydrogen) atoms. The lowest BCUT2D eigenvalue weighted by Gasteiger charge is -2.48. The molecule has 6 heteroatoms. The van der Waals surface area contributed by atoms with Gasteiger partial charge in [-0.3, -0.25) is 9.69 Å². The molecular formula is C16H25N3O3.